The lowest BCUT2D eigenvalue weighted by Gasteiger charge is -1.85. The molecule has 0 rings (SSSR count). The molecule has 0 spiro atoms. The van der Waals surface area contributed by atoms with E-state index < -0.39 is 14.0 Å². The number of carbonyl (C=O) groups is 1. The third kappa shape index (κ3) is 4.21. The van der Waals surface area contributed by atoms with Crippen LogP contribution in [0.4, 0.5) is 0 Å². The van der Waals surface area contributed by atoms with Crippen LogP contribution in [0.1, 0.15) is 6.92 Å². The maximum atomic E-state index is 10.0. The predicted octanol–water partition coefficient (Wildman–Crippen LogP) is -0.516. The van der Waals surface area contributed by atoms with Crippen LogP contribution in [0.25, 0.3) is 0 Å². The molecule has 0 saturated heterocycles. The Morgan fingerprint density at radius 1 is 1.70 bits per heavy atom. The Morgan fingerprint density at radius 2 is 2.20 bits per heavy atom. The highest BCUT2D eigenvalue weighted by atomic mass is 31.1. The lowest BCUT2D eigenvalue weighted by Crippen LogP contribution is -1.96. The van der Waals surface area contributed by atoms with E-state index in [1.165, 1.54) is 6.92 Å². The molecule has 2 N–H and O–H groups in total. The fourth-order valence-corrected chi connectivity index (χ4v) is 0.598. The van der Waals surface area contributed by atoms with E-state index in [2.05, 4.69) is 0 Å². The van der Waals surface area contributed by atoms with E-state index in [9.17, 15) is 9.69 Å². The van der Waals surface area contributed by atoms with Gasteiger partial charge in [0, 0.05) is 5.57 Å². The van der Waals surface area contributed by atoms with Crippen LogP contribution in [0, 0.1) is 0 Å². The first-order chi connectivity index (χ1) is 4.54. The van der Waals surface area contributed by atoms with Crippen molar-refractivity contribution in [1.29, 1.82) is 0 Å². The quantitative estimate of drug-likeness (QED) is 0.423. The molecule has 0 aromatic carbocycles. The summed E-state index contributed by atoms with van der Waals surface area (Å²) in [5.41, 5.74) is 0.0393. The number of carboxylic acids is 1. The molecule has 0 saturated carbocycles. The van der Waals surface area contributed by atoms with Gasteiger partial charge in [-0.2, -0.15) is 4.89 Å². The first-order valence-electron chi connectivity index (χ1n) is 2.44. The summed E-state index contributed by atoms with van der Waals surface area (Å²) in [4.78, 5) is 28.2. The van der Waals surface area contributed by atoms with Gasteiger partial charge in [-0.15, -0.1) is 0 Å². The molecule has 0 amide bonds. The monoisotopic (exact) mass is 162 g/mol. The van der Waals surface area contributed by atoms with E-state index in [4.69, 9.17) is 10.00 Å². The Morgan fingerprint density at radius 3 is 2.50 bits per heavy atom. The van der Waals surface area contributed by atoms with E-state index in [1.54, 1.807) is 0 Å². The van der Waals surface area contributed by atoms with Gasteiger partial charge in [0.1, 0.15) is 5.80 Å². The van der Waals surface area contributed by atoms with Crippen molar-refractivity contribution in [3.8, 4) is 0 Å². The number of carboxylic acid groups (broad SMARTS) is 1. The minimum Gasteiger partial charge on any atom is -0.603 e. The van der Waals surface area contributed by atoms with Gasteiger partial charge in [0.2, 0.25) is 8.00 Å². The van der Waals surface area contributed by atoms with Crippen molar-refractivity contribution in [2.45, 2.75) is 6.92 Å². The maximum absolute atomic E-state index is 10.0. The summed E-state index contributed by atoms with van der Waals surface area (Å²) < 4.78 is 0. The average molecular weight is 162 g/mol. The number of hydrogen-bond acceptors (Lipinski definition) is 3. The fourth-order valence-electron chi connectivity index (χ4n) is 0.247. The van der Waals surface area contributed by atoms with Crippen LogP contribution in [0.15, 0.2) is 11.6 Å². The molecule has 56 valence electrons. The molecular formula is C5H7O4P. The first-order valence-corrected chi connectivity index (χ1v) is 3.72. The summed E-state index contributed by atoms with van der Waals surface area (Å²) in [5.74, 6) is -0.160. The molecule has 0 radical (unpaired) electrons. The van der Waals surface area contributed by atoms with E-state index in [-0.39, 0.29) is 5.57 Å². The molecule has 10 heavy (non-hydrogen) atoms. The number of rotatable bonds is 2. The van der Waals surface area contributed by atoms with E-state index in [0.717, 1.165) is 11.9 Å². The second kappa shape index (κ2) is 4.17. The number of allylic oxidation sites excluding steroid dienone is 1. The van der Waals surface area contributed by atoms with Crippen LogP contribution < -0.4 is 4.89 Å². The van der Waals surface area contributed by atoms with Crippen molar-refractivity contribution in [1.82, 2.24) is 0 Å². The molecule has 0 aliphatic heterocycles. The Kier molecular flexibility index (Phi) is 3.88. The lowest BCUT2D eigenvalue weighted by molar-refractivity contribution is -0.167. The van der Waals surface area contributed by atoms with Gasteiger partial charge in [0.15, 0.2) is 0 Å². The van der Waals surface area contributed by atoms with Gasteiger partial charge in [-0.3, -0.25) is 0 Å². The minimum absolute atomic E-state index is 0.0393. The second-order valence-corrected chi connectivity index (χ2v) is 2.51. The zero-order valence-electron chi connectivity index (χ0n) is 5.31. The third-order valence-corrected chi connectivity index (χ3v) is 1.19. The Labute approximate surface area is 59.0 Å². The van der Waals surface area contributed by atoms with Crippen molar-refractivity contribution >= 4 is 19.8 Å². The summed E-state index contributed by atoms with van der Waals surface area (Å²) in [6.07, 6.45) is 1.10. The second-order valence-electron chi connectivity index (χ2n) is 1.61. The Hall–Kier alpha value is -0.700. The molecule has 4 nitrogen and oxygen atoms in total. The minimum atomic E-state index is -2.37. The van der Waals surface area contributed by atoms with Crippen molar-refractivity contribution in [2.75, 3.05) is 0 Å². The van der Waals surface area contributed by atoms with Gasteiger partial charge in [-0.25, -0.2) is 4.79 Å². The van der Waals surface area contributed by atoms with Crippen molar-refractivity contribution < 1.29 is 19.7 Å². The SMILES string of the molecule is CC(=CC=[P+]([O-])O)C(=O)O. The zero-order chi connectivity index (χ0) is 8.15. The molecule has 1 unspecified atom stereocenters. The molecule has 0 bridgehead atoms. The molecule has 0 aliphatic rings. The van der Waals surface area contributed by atoms with Crippen molar-refractivity contribution in [3.05, 3.63) is 11.6 Å². The summed E-state index contributed by atoms with van der Waals surface area (Å²) in [5, 5.41) is 8.23. The number of hydrogen-bond donors (Lipinski definition) is 2. The summed E-state index contributed by atoms with van der Waals surface area (Å²) >= 11 is 0. The lowest BCUT2D eigenvalue weighted by atomic mass is 10.3. The van der Waals surface area contributed by atoms with E-state index in [1.807, 2.05) is 0 Å². The highest BCUT2D eigenvalue weighted by Crippen LogP contribution is 1.99. The highest BCUT2D eigenvalue weighted by molar-refractivity contribution is 7.44. The van der Waals surface area contributed by atoms with Gasteiger partial charge in [0.05, 0.1) is 0 Å². The van der Waals surface area contributed by atoms with Gasteiger partial charge < -0.3 is 10.00 Å². The zero-order valence-corrected chi connectivity index (χ0v) is 6.21. The summed E-state index contributed by atoms with van der Waals surface area (Å²) in [6.45, 7) is 1.34. The van der Waals surface area contributed by atoms with Crippen molar-refractivity contribution in [2.24, 2.45) is 0 Å². The molecule has 0 aromatic rings. The average Bonchev–Trinajstić information content (AvgIpc) is 1.82. The summed E-state index contributed by atoms with van der Waals surface area (Å²) in [6, 6.07) is 0. The van der Waals surface area contributed by atoms with Gasteiger partial charge in [0.25, 0.3) is 0 Å². The van der Waals surface area contributed by atoms with Crippen LogP contribution in [0.2, 0.25) is 0 Å². The van der Waals surface area contributed by atoms with Gasteiger partial charge >= 0.3 is 5.97 Å². The maximum Gasteiger partial charge on any atom is 0.331 e. The van der Waals surface area contributed by atoms with Crippen LogP contribution in [-0.2, 0) is 4.79 Å². The fraction of sp³-hybridized carbons (Fsp3) is 0.200. The molecule has 5 heteroatoms. The smallest absolute Gasteiger partial charge is 0.331 e. The number of aliphatic carboxylic acids is 1. The molecule has 0 aromatic heterocycles. The molecular weight excluding hydrogens is 155 g/mol. The third-order valence-electron chi connectivity index (χ3n) is 0.789. The molecule has 0 fully saturated rings. The van der Waals surface area contributed by atoms with Gasteiger partial charge in [-0.05, 0) is 13.0 Å². The highest BCUT2D eigenvalue weighted by Gasteiger charge is 1.97. The van der Waals surface area contributed by atoms with Crippen LogP contribution >= 0.6 is 8.00 Å². The largest absolute Gasteiger partial charge is 0.603 e. The Bertz CT molecular complexity index is 190. The van der Waals surface area contributed by atoms with Crippen molar-refractivity contribution in [3.63, 3.8) is 0 Å². The molecule has 1 atom stereocenters. The Balaban J connectivity index is 4.19. The van der Waals surface area contributed by atoms with Crippen LogP contribution in [-0.4, -0.2) is 21.8 Å². The molecule has 0 heterocycles. The predicted molar refractivity (Wildman–Crippen MR) is 36.6 cm³/mol. The van der Waals surface area contributed by atoms with E-state index >= 15 is 0 Å². The standard InChI is InChI=1S/C5H7O4P/c1-4(5(6)7)2-3-10(8)9/h2-3H,1H3,(H,6,7)(H,8,9). The molecule has 0 aliphatic carbocycles. The topological polar surface area (TPSA) is 80.6 Å². The normalized spacial score (nSPS) is 13.5. The van der Waals surface area contributed by atoms with Gasteiger partial charge in [-0.1, -0.05) is 0 Å². The van der Waals surface area contributed by atoms with Crippen LogP contribution in [0.3, 0.4) is 0 Å². The summed E-state index contributed by atoms with van der Waals surface area (Å²) in [7, 11) is -2.37. The van der Waals surface area contributed by atoms with Crippen LogP contribution in [0.5, 0.6) is 0 Å². The van der Waals surface area contributed by atoms with E-state index in [0.29, 0.717) is 0 Å². The first kappa shape index (κ1) is 9.30.